The molecule has 0 bridgehead atoms. The third kappa shape index (κ3) is 5.45. The number of nitrogens with zero attached hydrogens (tertiary/aromatic N) is 1. The van der Waals surface area contributed by atoms with E-state index < -0.39 is 0 Å². The van der Waals surface area contributed by atoms with Crippen molar-refractivity contribution in [1.29, 1.82) is 0 Å². The van der Waals surface area contributed by atoms with Crippen LogP contribution >= 0.6 is 11.6 Å². The molecule has 6 heteroatoms. The molecule has 0 spiro atoms. The second-order valence-electron chi connectivity index (χ2n) is 6.59. The maximum absolute atomic E-state index is 12.6. The number of rotatable bonds is 8. The van der Waals surface area contributed by atoms with Gasteiger partial charge in [0.2, 0.25) is 0 Å². The van der Waals surface area contributed by atoms with Crippen LogP contribution in [0.25, 0.3) is 0 Å². The molecule has 0 aliphatic carbocycles. The molecule has 0 atom stereocenters. The number of para-hydroxylation sites is 1. The van der Waals surface area contributed by atoms with E-state index in [2.05, 4.69) is 10.2 Å². The van der Waals surface area contributed by atoms with E-state index in [0.29, 0.717) is 35.2 Å². The van der Waals surface area contributed by atoms with Crippen molar-refractivity contribution >= 4 is 23.2 Å². The van der Waals surface area contributed by atoms with Crippen LogP contribution in [0.15, 0.2) is 42.5 Å². The summed E-state index contributed by atoms with van der Waals surface area (Å²) in [4.78, 5) is 15.1. The Kier molecular flexibility index (Phi) is 7.10. The minimum atomic E-state index is -0.193. The molecule has 2 aromatic carbocycles. The molecule has 144 valence electrons. The smallest absolute Gasteiger partial charge is 0.255 e. The van der Waals surface area contributed by atoms with E-state index in [4.69, 9.17) is 21.1 Å². The molecule has 1 aliphatic heterocycles. The van der Waals surface area contributed by atoms with Crippen molar-refractivity contribution < 1.29 is 14.3 Å². The summed E-state index contributed by atoms with van der Waals surface area (Å²) in [6.07, 6.45) is 2.55. The van der Waals surface area contributed by atoms with E-state index >= 15 is 0 Å². The number of hydrogen-bond acceptors (Lipinski definition) is 4. The predicted molar refractivity (Wildman–Crippen MR) is 108 cm³/mol. The van der Waals surface area contributed by atoms with Crippen LogP contribution in [0.2, 0.25) is 5.02 Å². The van der Waals surface area contributed by atoms with Gasteiger partial charge in [-0.2, -0.15) is 0 Å². The van der Waals surface area contributed by atoms with Gasteiger partial charge in [0.15, 0.2) is 5.75 Å². The van der Waals surface area contributed by atoms with Crippen LogP contribution in [0.3, 0.4) is 0 Å². The number of benzene rings is 2. The van der Waals surface area contributed by atoms with Gasteiger partial charge in [0.25, 0.3) is 5.91 Å². The van der Waals surface area contributed by atoms with Gasteiger partial charge >= 0.3 is 0 Å². The van der Waals surface area contributed by atoms with Gasteiger partial charge in [-0.15, -0.1) is 0 Å². The zero-order valence-electron chi connectivity index (χ0n) is 15.5. The molecular formula is C21H25ClN2O3. The van der Waals surface area contributed by atoms with Crippen molar-refractivity contribution in [3.05, 3.63) is 58.6 Å². The maximum Gasteiger partial charge on any atom is 0.255 e. The molecular weight excluding hydrogens is 364 g/mol. The number of nitrogens with one attached hydrogen (secondary N) is 1. The van der Waals surface area contributed by atoms with Crippen LogP contribution in [0.5, 0.6) is 5.75 Å². The van der Waals surface area contributed by atoms with Crippen LogP contribution in [-0.4, -0.2) is 44.2 Å². The van der Waals surface area contributed by atoms with E-state index in [0.717, 1.165) is 19.6 Å². The topological polar surface area (TPSA) is 50.8 Å². The van der Waals surface area contributed by atoms with Gasteiger partial charge in [-0.05, 0) is 55.8 Å². The number of halogens is 1. The number of carbonyl (C=O) groups is 1. The lowest BCUT2D eigenvalue weighted by atomic mass is 10.1. The van der Waals surface area contributed by atoms with Crippen LogP contribution in [0, 0.1) is 0 Å². The lowest BCUT2D eigenvalue weighted by Crippen LogP contribution is -2.18. The Hall–Kier alpha value is -2.08. The first-order chi connectivity index (χ1) is 13.2. The minimum Gasteiger partial charge on any atom is -0.487 e. The molecule has 27 heavy (non-hydrogen) atoms. The summed E-state index contributed by atoms with van der Waals surface area (Å²) >= 11 is 6.22. The standard InChI is InChI=1S/C21H25ClN2O3/c1-26-13-14-27-20-18(22)5-4-6-19(20)23-21(25)17-9-7-16(8-10-17)15-24-11-2-3-12-24/h4-10H,2-3,11-15H2,1H3,(H,23,25). The van der Waals surface area contributed by atoms with Gasteiger partial charge in [-0.1, -0.05) is 29.8 Å². The maximum atomic E-state index is 12.6. The van der Waals surface area contributed by atoms with E-state index in [1.165, 1.54) is 18.4 Å². The average molecular weight is 389 g/mol. The summed E-state index contributed by atoms with van der Waals surface area (Å²) in [6.45, 7) is 4.05. The molecule has 1 amide bonds. The number of anilines is 1. The third-order valence-electron chi connectivity index (χ3n) is 4.57. The zero-order valence-corrected chi connectivity index (χ0v) is 16.3. The lowest BCUT2D eigenvalue weighted by molar-refractivity contribution is 0.102. The van der Waals surface area contributed by atoms with Crippen LogP contribution in [0.4, 0.5) is 5.69 Å². The number of amides is 1. The molecule has 0 radical (unpaired) electrons. The Morgan fingerprint density at radius 1 is 1.11 bits per heavy atom. The largest absolute Gasteiger partial charge is 0.487 e. The molecule has 1 saturated heterocycles. The average Bonchev–Trinajstić information content (AvgIpc) is 3.17. The number of carbonyl (C=O) groups excluding carboxylic acids is 1. The van der Waals surface area contributed by atoms with E-state index in [9.17, 15) is 4.79 Å². The number of hydrogen-bond donors (Lipinski definition) is 1. The van der Waals surface area contributed by atoms with Crippen LogP contribution in [0.1, 0.15) is 28.8 Å². The summed E-state index contributed by atoms with van der Waals surface area (Å²) in [6, 6.07) is 13.0. The molecule has 1 fully saturated rings. The van der Waals surface area contributed by atoms with E-state index in [1.807, 2.05) is 24.3 Å². The summed E-state index contributed by atoms with van der Waals surface area (Å²) in [5.41, 5.74) is 2.37. The van der Waals surface area contributed by atoms with Crippen molar-refractivity contribution in [2.45, 2.75) is 19.4 Å². The fraction of sp³-hybridized carbons (Fsp3) is 0.381. The molecule has 5 nitrogen and oxygen atoms in total. The molecule has 0 saturated carbocycles. The van der Waals surface area contributed by atoms with Gasteiger partial charge < -0.3 is 14.8 Å². The highest BCUT2D eigenvalue weighted by Crippen LogP contribution is 2.33. The summed E-state index contributed by atoms with van der Waals surface area (Å²) in [5, 5.41) is 3.34. The lowest BCUT2D eigenvalue weighted by Gasteiger charge is -2.15. The molecule has 1 aliphatic rings. The normalized spacial score (nSPS) is 14.3. The third-order valence-corrected chi connectivity index (χ3v) is 4.87. The molecule has 3 rings (SSSR count). The van der Waals surface area contributed by atoms with Crippen molar-refractivity contribution in [2.75, 3.05) is 38.7 Å². The Morgan fingerprint density at radius 3 is 2.56 bits per heavy atom. The van der Waals surface area contributed by atoms with Gasteiger partial charge in [0, 0.05) is 19.2 Å². The minimum absolute atomic E-state index is 0.193. The zero-order chi connectivity index (χ0) is 19.1. The molecule has 2 aromatic rings. The second-order valence-corrected chi connectivity index (χ2v) is 7.00. The fourth-order valence-electron chi connectivity index (χ4n) is 3.14. The first-order valence-corrected chi connectivity index (χ1v) is 9.58. The molecule has 1 heterocycles. The van der Waals surface area contributed by atoms with Crippen LogP contribution in [-0.2, 0) is 11.3 Å². The quantitative estimate of drug-likeness (QED) is 0.688. The summed E-state index contributed by atoms with van der Waals surface area (Å²) in [7, 11) is 1.60. The Morgan fingerprint density at radius 2 is 1.85 bits per heavy atom. The van der Waals surface area contributed by atoms with Crippen LogP contribution < -0.4 is 10.1 Å². The highest BCUT2D eigenvalue weighted by molar-refractivity contribution is 6.32. The number of likely N-dealkylation sites (tertiary alicyclic amines) is 1. The highest BCUT2D eigenvalue weighted by atomic mass is 35.5. The molecule has 1 N–H and O–H groups in total. The van der Waals surface area contributed by atoms with Gasteiger partial charge in [-0.3, -0.25) is 9.69 Å². The molecule has 0 aromatic heterocycles. The van der Waals surface area contributed by atoms with Crippen molar-refractivity contribution in [1.82, 2.24) is 4.90 Å². The van der Waals surface area contributed by atoms with Crippen molar-refractivity contribution in [3.63, 3.8) is 0 Å². The molecule has 0 unspecified atom stereocenters. The Labute approximate surface area is 165 Å². The second kappa shape index (κ2) is 9.74. The Bertz CT molecular complexity index is 759. The SMILES string of the molecule is COCCOc1c(Cl)cccc1NC(=O)c1ccc(CN2CCCC2)cc1. The fourth-order valence-corrected chi connectivity index (χ4v) is 3.37. The van der Waals surface area contributed by atoms with Crippen molar-refractivity contribution in [2.24, 2.45) is 0 Å². The van der Waals surface area contributed by atoms with E-state index in [1.54, 1.807) is 25.3 Å². The van der Waals surface area contributed by atoms with Gasteiger partial charge in [0.05, 0.1) is 17.3 Å². The van der Waals surface area contributed by atoms with E-state index in [-0.39, 0.29) is 5.91 Å². The number of methoxy groups -OCH3 is 1. The Balaban J connectivity index is 1.65. The van der Waals surface area contributed by atoms with Crippen molar-refractivity contribution in [3.8, 4) is 5.75 Å². The first-order valence-electron chi connectivity index (χ1n) is 9.20. The summed E-state index contributed by atoms with van der Waals surface area (Å²) in [5.74, 6) is 0.261. The van der Waals surface area contributed by atoms with Gasteiger partial charge in [-0.25, -0.2) is 0 Å². The first kappa shape index (κ1) is 19.7. The predicted octanol–water partition coefficient (Wildman–Crippen LogP) is 4.21. The highest BCUT2D eigenvalue weighted by Gasteiger charge is 2.14. The van der Waals surface area contributed by atoms with Gasteiger partial charge in [0.1, 0.15) is 6.61 Å². The summed E-state index contributed by atoms with van der Waals surface area (Å²) < 4.78 is 10.7. The number of ether oxygens (including phenoxy) is 2. The monoisotopic (exact) mass is 388 g/mol.